The second kappa shape index (κ2) is 16.1. The normalized spacial score (nSPS) is 21.3. The summed E-state index contributed by atoms with van der Waals surface area (Å²) in [5.74, 6) is -6.74. The summed E-state index contributed by atoms with van der Waals surface area (Å²) in [5, 5.41) is 25.9. The largest absolute Gasteiger partial charge is 0.481 e. The van der Waals surface area contributed by atoms with E-state index in [4.69, 9.17) is 4.74 Å². The van der Waals surface area contributed by atoms with E-state index in [1.165, 1.54) is 0 Å². The number of sulfonamides is 1. The Morgan fingerprint density at radius 2 is 1.60 bits per heavy atom. The van der Waals surface area contributed by atoms with Crippen LogP contribution in [-0.4, -0.2) is 101 Å². The van der Waals surface area contributed by atoms with Gasteiger partial charge in [-0.05, 0) is 42.1 Å². The number of benzene rings is 1. The highest BCUT2D eigenvalue weighted by atomic mass is 32.2. The van der Waals surface area contributed by atoms with Crippen LogP contribution in [0, 0.1) is 17.3 Å². The topological polar surface area (TPSA) is 243 Å². The van der Waals surface area contributed by atoms with E-state index in [2.05, 4.69) is 16.0 Å². The first-order valence-electron chi connectivity index (χ1n) is 16.3. The fraction of sp³-hybridized carbons (Fsp3) is 0.606. The molecule has 0 aromatic heterocycles. The zero-order valence-electron chi connectivity index (χ0n) is 28.8. The fourth-order valence-corrected chi connectivity index (χ4v) is 8.29. The molecule has 3 rings (SSSR count). The first-order chi connectivity index (χ1) is 23.2. The highest BCUT2D eigenvalue weighted by Crippen LogP contribution is 2.61. The van der Waals surface area contributed by atoms with Crippen LogP contribution in [0.25, 0.3) is 0 Å². The van der Waals surface area contributed by atoms with Crippen LogP contribution >= 0.6 is 0 Å². The summed E-state index contributed by atoms with van der Waals surface area (Å²) in [4.78, 5) is 89.4. The summed E-state index contributed by atoms with van der Waals surface area (Å²) in [6.45, 7) is 5.62. The van der Waals surface area contributed by atoms with Crippen LogP contribution in [0.5, 0.6) is 0 Å². The molecule has 16 nitrogen and oxygen atoms in total. The molecule has 2 aliphatic rings. The monoisotopic (exact) mass is 722 g/mol. The van der Waals surface area contributed by atoms with Crippen LogP contribution < -0.4 is 16.0 Å². The molecule has 50 heavy (non-hydrogen) atoms. The summed E-state index contributed by atoms with van der Waals surface area (Å²) >= 11 is 0. The second-order valence-corrected chi connectivity index (χ2v) is 15.7. The minimum absolute atomic E-state index is 0.0983. The van der Waals surface area contributed by atoms with Crippen molar-refractivity contribution in [3.8, 4) is 0 Å². The van der Waals surface area contributed by atoms with E-state index in [0.717, 1.165) is 10.6 Å². The maximum absolute atomic E-state index is 13.7. The number of alkyl carbamates (subject to hydrolysis) is 1. The predicted octanol–water partition coefficient (Wildman–Crippen LogP) is 1.23. The molecule has 2 saturated carbocycles. The summed E-state index contributed by atoms with van der Waals surface area (Å²) in [6, 6.07) is 4.03. The molecule has 2 fully saturated rings. The molecule has 0 spiro atoms. The van der Waals surface area contributed by atoms with Gasteiger partial charge in [-0.15, -0.1) is 0 Å². The van der Waals surface area contributed by atoms with Crippen molar-refractivity contribution >= 4 is 51.4 Å². The number of nitrogens with zero attached hydrogens (tertiary/aromatic N) is 1. The van der Waals surface area contributed by atoms with Crippen molar-refractivity contribution in [2.75, 3.05) is 12.8 Å². The maximum atomic E-state index is 13.7. The standard InChI is InChI=1S/C33H46N4O12S/c1-19(2)28(36-29(44)22(11-12-26(40)41)35-31(46)49-18-20-9-7-6-8-10-20)30(45)34-23(16-27(42)43)24(38)17-37(50(5,47)48)33-14-13-21(15-25(33)39)32(33,3)4/h6-10,19,21-23,28H,11-18H2,1-5H3,(H,34,45)(H,35,46)(H,36,44)(H,40,41)(H,42,43). The van der Waals surface area contributed by atoms with Crippen molar-refractivity contribution in [1.82, 2.24) is 20.3 Å². The number of hydrogen-bond acceptors (Lipinski definition) is 10. The Hall–Kier alpha value is -4.38. The lowest BCUT2D eigenvalue weighted by Gasteiger charge is -2.44. The van der Waals surface area contributed by atoms with Gasteiger partial charge in [-0.1, -0.05) is 58.0 Å². The Labute approximate surface area is 290 Å². The highest BCUT2D eigenvalue weighted by molar-refractivity contribution is 7.88. The summed E-state index contributed by atoms with van der Waals surface area (Å²) in [7, 11) is -4.19. The molecule has 2 aliphatic carbocycles. The van der Waals surface area contributed by atoms with Gasteiger partial charge in [-0.3, -0.25) is 28.8 Å². The minimum atomic E-state index is -4.19. The Morgan fingerprint density at radius 1 is 0.960 bits per heavy atom. The number of carboxylic acid groups (broad SMARTS) is 2. The number of rotatable bonds is 18. The van der Waals surface area contributed by atoms with E-state index in [0.29, 0.717) is 12.0 Å². The number of aliphatic carboxylic acids is 2. The minimum Gasteiger partial charge on any atom is -0.481 e. The lowest BCUT2D eigenvalue weighted by Crippen LogP contribution is -2.63. The zero-order chi connectivity index (χ0) is 37.6. The number of nitrogens with one attached hydrogen (secondary N) is 3. The van der Waals surface area contributed by atoms with Crippen LogP contribution in [-0.2, 0) is 50.1 Å². The zero-order valence-corrected chi connectivity index (χ0v) is 29.6. The van der Waals surface area contributed by atoms with Gasteiger partial charge in [0.05, 0.1) is 30.8 Å². The first kappa shape index (κ1) is 40.1. The van der Waals surface area contributed by atoms with Crippen LogP contribution in [0.1, 0.15) is 71.8 Å². The third kappa shape index (κ3) is 9.24. The third-order valence-corrected chi connectivity index (χ3v) is 11.0. The lowest BCUT2D eigenvalue weighted by molar-refractivity contribution is -0.142. The van der Waals surface area contributed by atoms with Crippen molar-refractivity contribution in [3.63, 3.8) is 0 Å². The Morgan fingerprint density at radius 3 is 2.10 bits per heavy atom. The van der Waals surface area contributed by atoms with Crippen molar-refractivity contribution in [2.24, 2.45) is 17.3 Å². The molecule has 5 unspecified atom stereocenters. The van der Waals surface area contributed by atoms with Crippen molar-refractivity contribution in [1.29, 1.82) is 0 Å². The lowest BCUT2D eigenvalue weighted by atomic mass is 9.75. The number of hydrogen-bond donors (Lipinski definition) is 5. The summed E-state index contributed by atoms with van der Waals surface area (Å²) in [6.07, 6.45) is -1.07. The number of Topliss-reactive ketones (excluding diaryl/α,β-unsaturated/α-hetero) is 2. The van der Waals surface area contributed by atoms with Crippen molar-refractivity contribution in [3.05, 3.63) is 35.9 Å². The molecule has 3 amide bonds. The smallest absolute Gasteiger partial charge is 0.408 e. The van der Waals surface area contributed by atoms with Crippen molar-refractivity contribution < 1.29 is 56.9 Å². The molecular formula is C33H46N4O12S. The van der Waals surface area contributed by atoms with E-state index in [-0.39, 0.29) is 37.6 Å². The molecule has 276 valence electrons. The number of amides is 3. The van der Waals surface area contributed by atoms with E-state index in [1.54, 1.807) is 58.0 Å². The Balaban J connectivity index is 1.79. The first-order valence-corrected chi connectivity index (χ1v) is 18.1. The molecular weight excluding hydrogens is 676 g/mol. The molecule has 5 atom stereocenters. The number of carbonyl (C=O) groups is 7. The molecule has 2 bridgehead atoms. The molecule has 0 aliphatic heterocycles. The molecule has 1 aromatic rings. The third-order valence-electron chi connectivity index (χ3n) is 9.76. The van der Waals surface area contributed by atoms with Gasteiger partial charge in [0.25, 0.3) is 0 Å². The fourth-order valence-electron chi connectivity index (χ4n) is 6.94. The quantitative estimate of drug-likeness (QED) is 0.144. The predicted molar refractivity (Wildman–Crippen MR) is 177 cm³/mol. The van der Waals surface area contributed by atoms with Crippen LogP contribution in [0.4, 0.5) is 4.79 Å². The van der Waals surface area contributed by atoms with Gasteiger partial charge in [-0.2, -0.15) is 4.31 Å². The number of carboxylic acids is 2. The molecule has 1 aromatic carbocycles. The molecule has 17 heteroatoms. The average molecular weight is 723 g/mol. The summed E-state index contributed by atoms with van der Waals surface area (Å²) in [5.41, 5.74) is -1.65. The molecule has 0 saturated heterocycles. The maximum Gasteiger partial charge on any atom is 0.408 e. The number of ether oxygens (including phenoxy) is 1. The van der Waals surface area contributed by atoms with Crippen LogP contribution in [0.15, 0.2) is 30.3 Å². The number of carbonyl (C=O) groups excluding carboxylic acids is 5. The number of fused-ring (bicyclic) bond motifs is 2. The van der Waals surface area contributed by atoms with Gasteiger partial charge in [0.2, 0.25) is 21.8 Å². The van der Waals surface area contributed by atoms with Crippen molar-refractivity contribution in [2.45, 2.75) is 96.5 Å². The van der Waals surface area contributed by atoms with Crippen LogP contribution in [0.3, 0.4) is 0 Å². The molecule has 5 N–H and O–H groups in total. The van der Waals surface area contributed by atoms with Gasteiger partial charge < -0.3 is 30.9 Å². The Kier molecular flexibility index (Phi) is 12.9. The number of ketones is 2. The van der Waals surface area contributed by atoms with Crippen LogP contribution in [0.2, 0.25) is 0 Å². The van der Waals surface area contributed by atoms with Gasteiger partial charge in [0.15, 0.2) is 11.6 Å². The molecule has 0 radical (unpaired) electrons. The molecule has 0 heterocycles. The van der Waals surface area contributed by atoms with E-state index >= 15 is 0 Å². The SMILES string of the molecule is CC(C)C(NC(=O)C(CCC(=O)O)NC(=O)OCc1ccccc1)C(=O)NC(CC(=O)O)C(=O)CN(C12CCC(CC1=O)C2(C)C)S(C)(=O)=O. The second-order valence-electron chi connectivity index (χ2n) is 13.8. The van der Waals surface area contributed by atoms with Gasteiger partial charge in [0.1, 0.15) is 18.7 Å². The van der Waals surface area contributed by atoms with E-state index in [9.17, 15) is 52.2 Å². The van der Waals surface area contributed by atoms with Gasteiger partial charge in [-0.25, -0.2) is 13.2 Å². The van der Waals surface area contributed by atoms with Gasteiger partial charge >= 0.3 is 18.0 Å². The highest BCUT2D eigenvalue weighted by Gasteiger charge is 2.68. The van der Waals surface area contributed by atoms with Gasteiger partial charge in [0, 0.05) is 12.8 Å². The van der Waals surface area contributed by atoms with E-state index in [1.807, 2.05) is 0 Å². The Bertz CT molecular complexity index is 1600. The average Bonchev–Trinajstić information content (AvgIpc) is 3.38. The van der Waals surface area contributed by atoms with E-state index < -0.39 is 100 Å². The summed E-state index contributed by atoms with van der Waals surface area (Å²) < 4.78 is 32.2.